The van der Waals surface area contributed by atoms with Crippen molar-refractivity contribution in [2.24, 2.45) is 0 Å². The van der Waals surface area contributed by atoms with E-state index in [0.717, 1.165) is 33.1 Å². The molecule has 5 aromatic rings. The maximum atomic E-state index is 6.08. The molecule has 0 saturated carbocycles. The van der Waals surface area contributed by atoms with Crippen LogP contribution >= 0.6 is 11.6 Å². The molecule has 0 fully saturated rings. The monoisotopic (exact) mass is 354 g/mol. The predicted octanol–water partition coefficient (Wildman–Crippen LogP) is 6.47. The molecule has 0 spiro atoms. The van der Waals surface area contributed by atoms with Crippen molar-refractivity contribution >= 4 is 28.0 Å². The van der Waals surface area contributed by atoms with Gasteiger partial charge in [-0.3, -0.25) is 0 Å². The zero-order valence-corrected chi connectivity index (χ0v) is 14.7. The van der Waals surface area contributed by atoms with Crippen molar-refractivity contribution < 1.29 is 0 Å². The van der Waals surface area contributed by atoms with E-state index in [-0.39, 0.29) is 0 Å². The Morgan fingerprint density at radius 2 is 1.42 bits per heavy atom. The van der Waals surface area contributed by atoms with Gasteiger partial charge in [0.1, 0.15) is 0 Å². The van der Waals surface area contributed by atoms with Crippen LogP contribution in [0.25, 0.3) is 38.9 Å². The zero-order chi connectivity index (χ0) is 17.5. The van der Waals surface area contributed by atoms with Crippen LogP contribution < -0.4 is 0 Å². The molecule has 0 aliphatic heterocycles. The maximum Gasteiger partial charge on any atom is 0.0950 e. The Bertz CT molecular complexity index is 1220. The lowest BCUT2D eigenvalue weighted by molar-refractivity contribution is 1.18. The number of benzene rings is 3. The average Bonchev–Trinajstić information content (AvgIpc) is 3.07. The molecule has 2 heterocycles. The number of aromatic nitrogens is 2. The highest BCUT2D eigenvalue weighted by atomic mass is 35.5. The Morgan fingerprint density at radius 1 is 0.692 bits per heavy atom. The first-order chi connectivity index (χ1) is 12.8. The Kier molecular flexibility index (Phi) is 3.51. The molecule has 0 radical (unpaired) electrons. The summed E-state index contributed by atoms with van der Waals surface area (Å²) in [5.41, 5.74) is 6.33. The molecular weight excluding hydrogens is 340 g/mol. The fourth-order valence-corrected chi connectivity index (χ4v) is 3.52. The molecule has 0 saturated heterocycles. The van der Waals surface area contributed by atoms with Crippen LogP contribution in [0, 0.1) is 0 Å². The topological polar surface area (TPSA) is 17.3 Å². The number of hydrogen-bond donors (Lipinski definition) is 0. The minimum Gasteiger partial charge on any atom is -0.312 e. The lowest BCUT2D eigenvalue weighted by Gasteiger charge is -2.10. The van der Waals surface area contributed by atoms with Gasteiger partial charge in [0, 0.05) is 27.7 Å². The van der Waals surface area contributed by atoms with E-state index in [1.54, 1.807) is 0 Å². The second kappa shape index (κ2) is 6.01. The number of halogens is 1. The standard InChI is InChI=1S/C23H15ClN2/c24-19-12-10-17(11-13-19)23-22-14-18-8-4-5-9-21(18)26(22)15-20(25-23)16-6-2-1-3-7-16/h1-15H. The number of hydrogen-bond acceptors (Lipinski definition) is 1. The Balaban J connectivity index is 1.88. The van der Waals surface area contributed by atoms with Crippen molar-refractivity contribution in [3.63, 3.8) is 0 Å². The molecule has 3 heteroatoms. The SMILES string of the molecule is Clc1ccc(-c2nc(-c3ccccc3)cn3c2cc2ccccc23)cc1. The van der Waals surface area contributed by atoms with Crippen molar-refractivity contribution in [3.05, 3.63) is 96.1 Å². The van der Waals surface area contributed by atoms with E-state index in [1.807, 2.05) is 42.5 Å². The average molecular weight is 355 g/mol. The zero-order valence-electron chi connectivity index (χ0n) is 13.9. The van der Waals surface area contributed by atoms with E-state index >= 15 is 0 Å². The molecule has 0 atom stereocenters. The van der Waals surface area contributed by atoms with Crippen molar-refractivity contribution in [3.8, 4) is 22.5 Å². The summed E-state index contributed by atoms with van der Waals surface area (Å²) in [6.45, 7) is 0. The van der Waals surface area contributed by atoms with Gasteiger partial charge >= 0.3 is 0 Å². The molecule has 0 N–H and O–H groups in total. The quantitative estimate of drug-likeness (QED) is 0.355. The first kappa shape index (κ1) is 15.2. The van der Waals surface area contributed by atoms with Crippen LogP contribution in [0.2, 0.25) is 5.02 Å². The summed E-state index contributed by atoms with van der Waals surface area (Å²) in [7, 11) is 0. The fourth-order valence-electron chi connectivity index (χ4n) is 3.39. The molecule has 26 heavy (non-hydrogen) atoms. The Hall–Kier alpha value is -3.10. The van der Waals surface area contributed by atoms with Gasteiger partial charge in [0.15, 0.2) is 0 Å². The van der Waals surface area contributed by atoms with Crippen LogP contribution in [-0.4, -0.2) is 9.38 Å². The van der Waals surface area contributed by atoms with Gasteiger partial charge in [-0.05, 0) is 24.3 Å². The van der Waals surface area contributed by atoms with Crippen LogP contribution in [0.15, 0.2) is 91.1 Å². The van der Waals surface area contributed by atoms with Crippen LogP contribution in [-0.2, 0) is 0 Å². The highest BCUT2D eigenvalue weighted by Gasteiger charge is 2.13. The van der Waals surface area contributed by atoms with Crippen molar-refractivity contribution in [1.82, 2.24) is 9.38 Å². The van der Waals surface area contributed by atoms with E-state index in [1.165, 1.54) is 10.9 Å². The number of rotatable bonds is 2. The maximum absolute atomic E-state index is 6.08. The largest absolute Gasteiger partial charge is 0.312 e. The van der Waals surface area contributed by atoms with Gasteiger partial charge in [-0.25, -0.2) is 4.98 Å². The van der Waals surface area contributed by atoms with E-state index in [9.17, 15) is 0 Å². The summed E-state index contributed by atoms with van der Waals surface area (Å²) in [5.74, 6) is 0. The lowest BCUT2D eigenvalue weighted by atomic mass is 10.1. The normalized spacial score (nSPS) is 11.3. The molecular formula is C23H15ClN2. The summed E-state index contributed by atoms with van der Waals surface area (Å²) in [5, 5.41) is 1.93. The second-order valence-corrected chi connectivity index (χ2v) is 6.74. The molecule has 0 amide bonds. The molecule has 124 valence electrons. The van der Waals surface area contributed by atoms with Gasteiger partial charge in [-0.2, -0.15) is 0 Å². The third-order valence-corrected chi connectivity index (χ3v) is 4.91. The minimum atomic E-state index is 0.726. The Labute approximate surface area is 156 Å². The first-order valence-corrected chi connectivity index (χ1v) is 8.89. The summed E-state index contributed by atoms with van der Waals surface area (Å²) in [6, 6.07) is 28.8. The smallest absolute Gasteiger partial charge is 0.0950 e. The molecule has 0 unspecified atom stereocenters. The summed E-state index contributed by atoms with van der Waals surface area (Å²) >= 11 is 6.08. The van der Waals surface area contributed by atoms with Gasteiger partial charge in [-0.15, -0.1) is 0 Å². The van der Waals surface area contributed by atoms with E-state index in [2.05, 4.69) is 53.1 Å². The molecule has 0 bridgehead atoms. The van der Waals surface area contributed by atoms with Crippen LogP contribution in [0.5, 0.6) is 0 Å². The van der Waals surface area contributed by atoms with Crippen molar-refractivity contribution in [1.29, 1.82) is 0 Å². The predicted molar refractivity (Wildman–Crippen MR) is 109 cm³/mol. The first-order valence-electron chi connectivity index (χ1n) is 8.52. The van der Waals surface area contributed by atoms with Gasteiger partial charge in [0.25, 0.3) is 0 Å². The van der Waals surface area contributed by atoms with Gasteiger partial charge in [0.05, 0.1) is 22.4 Å². The second-order valence-electron chi connectivity index (χ2n) is 6.31. The van der Waals surface area contributed by atoms with Crippen molar-refractivity contribution in [2.75, 3.05) is 0 Å². The van der Waals surface area contributed by atoms with Gasteiger partial charge in [-0.1, -0.05) is 72.3 Å². The molecule has 5 rings (SSSR count). The molecule has 3 aromatic carbocycles. The van der Waals surface area contributed by atoms with Gasteiger partial charge < -0.3 is 4.40 Å². The van der Waals surface area contributed by atoms with Crippen LogP contribution in [0.3, 0.4) is 0 Å². The summed E-state index contributed by atoms with van der Waals surface area (Å²) in [4.78, 5) is 5.00. The van der Waals surface area contributed by atoms with Crippen molar-refractivity contribution in [2.45, 2.75) is 0 Å². The third-order valence-electron chi connectivity index (χ3n) is 4.66. The van der Waals surface area contributed by atoms with E-state index in [0.29, 0.717) is 0 Å². The number of fused-ring (bicyclic) bond motifs is 3. The highest BCUT2D eigenvalue weighted by Crippen LogP contribution is 2.31. The summed E-state index contributed by atoms with van der Waals surface area (Å²) < 4.78 is 2.23. The van der Waals surface area contributed by atoms with Gasteiger partial charge in [0.2, 0.25) is 0 Å². The minimum absolute atomic E-state index is 0.726. The highest BCUT2D eigenvalue weighted by molar-refractivity contribution is 6.30. The fraction of sp³-hybridized carbons (Fsp3) is 0. The van der Waals surface area contributed by atoms with E-state index < -0.39 is 0 Å². The molecule has 0 aliphatic carbocycles. The number of nitrogens with zero attached hydrogens (tertiary/aromatic N) is 2. The summed E-state index contributed by atoms with van der Waals surface area (Å²) in [6.07, 6.45) is 2.12. The molecule has 2 aromatic heterocycles. The van der Waals surface area contributed by atoms with Crippen LogP contribution in [0.4, 0.5) is 0 Å². The molecule has 2 nitrogen and oxygen atoms in total. The molecule has 0 aliphatic rings. The van der Waals surface area contributed by atoms with Crippen LogP contribution in [0.1, 0.15) is 0 Å². The Morgan fingerprint density at radius 3 is 2.23 bits per heavy atom. The number of para-hydroxylation sites is 1. The lowest BCUT2D eigenvalue weighted by Crippen LogP contribution is -1.95. The third kappa shape index (κ3) is 2.47. The van der Waals surface area contributed by atoms with E-state index in [4.69, 9.17) is 16.6 Å².